The molecule has 0 bridgehead atoms. The lowest BCUT2D eigenvalue weighted by molar-refractivity contribution is 0.976. The van der Waals surface area contributed by atoms with Crippen molar-refractivity contribution < 1.29 is 0 Å². The summed E-state index contributed by atoms with van der Waals surface area (Å²) < 4.78 is 2.29. The first kappa shape index (κ1) is 12.0. The van der Waals surface area contributed by atoms with Crippen LogP contribution >= 0.6 is 23.3 Å². The Labute approximate surface area is 107 Å². The van der Waals surface area contributed by atoms with Crippen LogP contribution in [0, 0.1) is 11.3 Å². The van der Waals surface area contributed by atoms with E-state index in [2.05, 4.69) is 0 Å². The van der Waals surface area contributed by atoms with Crippen LogP contribution in [-0.2, 0) is 12.8 Å². The quantitative estimate of drug-likeness (QED) is 0.799. The number of thioether (sulfide) groups is 1. The van der Waals surface area contributed by atoms with Gasteiger partial charge >= 0.3 is 0 Å². The molecule has 1 aromatic carbocycles. The van der Waals surface area contributed by atoms with Crippen molar-refractivity contribution in [2.45, 2.75) is 9.96 Å². The third kappa shape index (κ3) is 2.60. The van der Waals surface area contributed by atoms with Gasteiger partial charge in [0.15, 0.2) is 0 Å². The largest absolute Gasteiger partial charge is 0.279 e. The van der Waals surface area contributed by atoms with Crippen LogP contribution in [0.3, 0.4) is 0 Å². The fourth-order valence-electron chi connectivity index (χ4n) is 1.37. The molecule has 1 heterocycles. The molecule has 17 heavy (non-hydrogen) atoms. The maximum absolute atomic E-state index is 11.6. The van der Waals surface area contributed by atoms with E-state index in [0.29, 0.717) is 0 Å². The maximum Gasteiger partial charge on any atom is 0.279 e. The van der Waals surface area contributed by atoms with E-state index in [0.717, 1.165) is 9.96 Å². The highest BCUT2D eigenvalue weighted by Crippen LogP contribution is 2.28. The maximum atomic E-state index is 11.6. The Morgan fingerprint density at radius 3 is 2.76 bits per heavy atom. The number of aryl methyl sites for hydroxylation is 1. The second kappa shape index (κ2) is 5.21. The van der Waals surface area contributed by atoms with Gasteiger partial charge in [-0.3, -0.25) is 8.75 Å². The van der Waals surface area contributed by atoms with E-state index in [4.69, 9.17) is 5.26 Å². The number of rotatable bonds is 3. The topological polar surface area (TPSA) is 45.8 Å². The second-order valence-corrected chi connectivity index (χ2v) is 5.83. The molecule has 3 nitrogen and oxygen atoms in total. The number of aromatic nitrogens is 1. The predicted octanol–water partition coefficient (Wildman–Crippen LogP) is 2.61. The molecule has 0 spiro atoms. The highest BCUT2D eigenvalue weighted by molar-refractivity contribution is 8.00. The zero-order valence-electron chi connectivity index (χ0n) is 9.21. The van der Waals surface area contributed by atoms with Gasteiger partial charge in [-0.25, -0.2) is 0 Å². The molecule has 0 unspecified atom stereocenters. The summed E-state index contributed by atoms with van der Waals surface area (Å²) in [5.74, 6) is 0.773. The molecule has 2 rings (SSSR count). The fraction of sp³-hybridized carbons (Fsp3) is 0.167. The summed E-state index contributed by atoms with van der Waals surface area (Å²) in [5.41, 5.74) is 1.25. The van der Waals surface area contributed by atoms with Gasteiger partial charge < -0.3 is 0 Å². The molecule has 0 aliphatic carbocycles. The summed E-state index contributed by atoms with van der Waals surface area (Å²) >= 11 is 2.86. The first-order valence-electron chi connectivity index (χ1n) is 4.99. The van der Waals surface area contributed by atoms with Crippen molar-refractivity contribution in [1.82, 2.24) is 3.96 Å². The van der Waals surface area contributed by atoms with Gasteiger partial charge in [0.05, 0.1) is 0 Å². The average Bonchev–Trinajstić information content (AvgIpc) is 2.63. The Morgan fingerprint density at radius 2 is 2.12 bits per heavy atom. The first-order chi connectivity index (χ1) is 8.22. The number of hydrogen-bond donors (Lipinski definition) is 0. The van der Waals surface area contributed by atoms with Crippen LogP contribution in [0.4, 0.5) is 0 Å². The minimum atomic E-state index is -0.201. The van der Waals surface area contributed by atoms with E-state index >= 15 is 0 Å². The molecule has 0 amide bonds. The third-order valence-corrected chi connectivity index (χ3v) is 4.58. The smallest absolute Gasteiger partial charge is 0.267 e. The van der Waals surface area contributed by atoms with Crippen LogP contribution < -0.4 is 5.56 Å². The summed E-state index contributed by atoms with van der Waals surface area (Å²) in [7, 11) is 1.68. The normalized spacial score (nSPS) is 10.1. The molecule has 5 heteroatoms. The van der Waals surface area contributed by atoms with Crippen molar-refractivity contribution in [2.75, 3.05) is 0 Å². The number of hydrogen-bond acceptors (Lipinski definition) is 4. The van der Waals surface area contributed by atoms with Gasteiger partial charge in [0.25, 0.3) is 5.56 Å². The van der Waals surface area contributed by atoms with Crippen molar-refractivity contribution in [2.24, 2.45) is 7.05 Å². The number of nitriles is 1. The van der Waals surface area contributed by atoms with Gasteiger partial charge in [-0.15, -0.1) is 11.8 Å². The van der Waals surface area contributed by atoms with Crippen molar-refractivity contribution in [3.63, 3.8) is 0 Å². The van der Waals surface area contributed by atoms with E-state index < -0.39 is 0 Å². The minimum absolute atomic E-state index is 0.201. The fourth-order valence-corrected chi connectivity index (χ4v) is 3.51. The Balaban J connectivity index is 2.18. The van der Waals surface area contributed by atoms with Gasteiger partial charge in [-0.05, 0) is 17.1 Å². The Morgan fingerprint density at radius 1 is 1.41 bits per heavy atom. The van der Waals surface area contributed by atoms with Crippen LogP contribution in [0.15, 0.2) is 39.3 Å². The molecule has 0 aliphatic heterocycles. The Bertz CT molecular complexity index is 608. The average molecular weight is 262 g/mol. The van der Waals surface area contributed by atoms with E-state index in [1.165, 1.54) is 32.8 Å². The lowest BCUT2D eigenvalue weighted by atomic mass is 10.2. The molecule has 0 saturated heterocycles. The minimum Gasteiger partial charge on any atom is -0.267 e. The number of benzene rings is 1. The van der Waals surface area contributed by atoms with E-state index in [9.17, 15) is 4.79 Å². The zero-order chi connectivity index (χ0) is 12.3. The van der Waals surface area contributed by atoms with Gasteiger partial charge in [0.1, 0.15) is 15.8 Å². The SMILES string of the molecule is Cn1sc(SCc2ccccc2)c(C#N)c1=O. The Hall–Kier alpha value is -1.51. The molecule has 0 N–H and O–H groups in total. The lowest BCUT2D eigenvalue weighted by Crippen LogP contribution is -2.10. The molecule has 0 atom stereocenters. The summed E-state index contributed by atoms with van der Waals surface area (Å²) in [6.45, 7) is 0. The van der Waals surface area contributed by atoms with Crippen LogP contribution in [0.5, 0.6) is 0 Å². The first-order valence-corrected chi connectivity index (χ1v) is 6.75. The standard InChI is InChI=1S/C12H10N2OS2/c1-14-11(15)10(7-13)12(17-14)16-8-9-5-3-2-4-6-9/h2-6H,8H2,1H3. The van der Waals surface area contributed by atoms with Gasteiger partial charge in [-0.1, -0.05) is 30.3 Å². The molecule has 86 valence electrons. The van der Waals surface area contributed by atoms with Crippen LogP contribution in [0.1, 0.15) is 11.1 Å². The Kier molecular flexibility index (Phi) is 3.67. The van der Waals surface area contributed by atoms with Crippen LogP contribution in [0.25, 0.3) is 0 Å². The van der Waals surface area contributed by atoms with E-state index in [-0.39, 0.29) is 11.1 Å². The molecule has 2 aromatic rings. The monoisotopic (exact) mass is 262 g/mol. The van der Waals surface area contributed by atoms with Gasteiger partial charge in [-0.2, -0.15) is 5.26 Å². The molecule has 0 fully saturated rings. The van der Waals surface area contributed by atoms with Crippen LogP contribution in [-0.4, -0.2) is 3.96 Å². The van der Waals surface area contributed by atoms with E-state index in [1.807, 2.05) is 36.4 Å². The van der Waals surface area contributed by atoms with Crippen molar-refractivity contribution in [3.05, 3.63) is 51.8 Å². The summed E-state index contributed by atoms with van der Waals surface area (Å²) in [5, 5.41) is 8.94. The molecule has 0 aliphatic rings. The highest BCUT2D eigenvalue weighted by atomic mass is 32.2. The summed E-state index contributed by atoms with van der Waals surface area (Å²) in [6, 6.07) is 12.0. The van der Waals surface area contributed by atoms with Gasteiger partial charge in [0.2, 0.25) is 0 Å². The summed E-state index contributed by atoms with van der Waals surface area (Å²) in [6.07, 6.45) is 0. The molecule has 1 aromatic heterocycles. The second-order valence-electron chi connectivity index (χ2n) is 3.44. The molecule has 0 radical (unpaired) electrons. The zero-order valence-corrected chi connectivity index (χ0v) is 10.8. The van der Waals surface area contributed by atoms with Crippen molar-refractivity contribution in [3.8, 4) is 6.07 Å². The molecule has 0 saturated carbocycles. The van der Waals surface area contributed by atoms with Crippen molar-refractivity contribution >= 4 is 23.3 Å². The van der Waals surface area contributed by atoms with Crippen LogP contribution in [0.2, 0.25) is 0 Å². The molecular weight excluding hydrogens is 252 g/mol. The predicted molar refractivity (Wildman–Crippen MR) is 70.3 cm³/mol. The number of nitrogens with zero attached hydrogens (tertiary/aromatic N) is 2. The van der Waals surface area contributed by atoms with Gasteiger partial charge in [0, 0.05) is 12.8 Å². The van der Waals surface area contributed by atoms with Crippen molar-refractivity contribution in [1.29, 1.82) is 5.26 Å². The van der Waals surface area contributed by atoms with E-state index in [1.54, 1.807) is 7.05 Å². The summed E-state index contributed by atoms with van der Waals surface area (Å²) in [4.78, 5) is 11.6. The lowest BCUT2D eigenvalue weighted by Gasteiger charge is -1.98. The third-order valence-electron chi connectivity index (χ3n) is 2.25. The molecular formula is C12H10N2OS2. The highest BCUT2D eigenvalue weighted by Gasteiger charge is 2.12.